The number of nitrogens with two attached hydrogens (primary N) is 1. The average Bonchev–Trinajstić information content (AvgIpc) is 2.77. The van der Waals surface area contributed by atoms with E-state index in [1.54, 1.807) is 4.90 Å². The third kappa shape index (κ3) is 3.18. The highest BCUT2D eigenvalue weighted by Crippen LogP contribution is 2.23. The zero-order valence-electron chi connectivity index (χ0n) is 9.48. The summed E-state index contributed by atoms with van der Waals surface area (Å²) in [6, 6.07) is -0.0978. The number of hydrogen-bond acceptors (Lipinski definition) is 3. The summed E-state index contributed by atoms with van der Waals surface area (Å²) in [5.41, 5.74) is 5.74. The topological polar surface area (TPSA) is 66.6 Å². The van der Waals surface area contributed by atoms with Crippen LogP contribution in [-0.4, -0.2) is 41.1 Å². The van der Waals surface area contributed by atoms with E-state index in [0.717, 1.165) is 12.8 Å². The molecular formula is C11H22N2O2. The molecule has 0 aromatic carbocycles. The second kappa shape index (κ2) is 6.08. The lowest BCUT2D eigenvalue weighted by Gasteiger charge is -2.30. The molecule has 1 aliphatic carbocycles. The van der Waals surface area contributed by atoms with Gasteiger partial charge in [-0.15, -0.1) is 0 Å². The quantitative estimate of drug-likeness (QED) is 0.700. The predicted molar refractivity (Wildman–Crippen MR) is 59.3 cm³/mol. The van der Waals surface area contributed by atoms with Crippen LogP contribution in [0.25, 0.3) is 0 Å². The van der Waals surface area contributed by atoms with Crippen LogP contribution in [0, 0.1) is 0 Å². The Morgan fingerprint density at radius 1 is 1.53 bits per heavy atom. The number of amides is 1. The van der Waals surface area contributed by atoms with Crippen molar-refractivity contribution >= 4 is 5.91 Å². The molecule has 1 fully saturated rings. The maximum atomic E-state index is 11.9. The molecule has 0 bridgehead atoms. The van der Waals surface area contributed by atoms with Gasteiger partial charge in [0.2, 0.25) is 5.91 Å². The van der Waals surface area contributed by atoms with E-state index in [2.05, 4.69) is 0 Å². The van der Waals surface area contributed by atoms with E-state index in [-0.39, 0.29) is 12.5 Å². The Kier molecular flexibility index (Phi) is 5.05. The fourth-order valence-electron chi connectivity index (χ4n) is 2.18. The molecule has 1 amide bonds. The molecule has 3 N–H and O–H groups in total. The van der Waals surface area contributed by atoms with Crippen molar-refractivity contribution in [3.63, 3.8) is 0 Å². The van der Waals surface area contributed by atoms with E-state index >= 15 is 0 Å². The Labute approximate surface area is 91.4 Å². The van der Waals surface area contributed by atoms with Gasteiger partial charge in [-0.05, 0) is 19.3 Å². The van der Waals surface area contributed by atoms with Crippen LogP contribution in [0.4, 0.5) is 0 Å². The Morgan fingerprint density at radius 3 is 2.60 bits per heavy atom. The van der Waals surface area contributed by atoms with Crippen molar-refractivity contribution < 1.29 is 9.90 Å². The van der Waals surface area contributed by atoms with Gasteiger partial charge in [-0.2, -0.15) is 0 Å². The fourth-order valence-corrected chi connectivity index (χ4v) is 2.18. The van der Waals surface area contributed by atoms with Crippen molar-refractivity contribution in [2.45, 2.75) is 51.1 Å². The van der Waals surface area contributed by atoms with Crippen molar-refractivity contribution in [3.8, 4) is 0 Å². The lowest BCUT2D eigenvalue weighted by Crippen LogP contribution is -2.48. The number of hydrogen-bond donors (Lipinski definition) is 2. The molecule has 1 rings (SSSR count). The van der Waals surface area contributed by atoms with Crippen LogP contribution < -0.4 is 5.73 Å². The number of aliphatic hydroxyl groups excluding tert-OH is 1. The summed E-state index contributed by atoms with van der Waals surface area (Å²) in [7, 11) is 0. The SMILES string of the molecule is CC[C@@H](N)C(=O)N(CCO)C1CCCC1. The standard InChI is InChI=1S/C11H22N2O2/c1-2-10(12)11(15)13(7-8-14)9-5-3-4-6-9/h9-10,14H,2-8,12H2,1H3/t10-/m1/s1. The molecule has 0 saturated heterocycles. The van der Waals surface area contributed by atoms with Crippen LogP contribution in [0.3, 0.4) is 0 Å². The number of nitrogens with zero attached hydrogens (tertiary/aromatic N) is 1. The van der Waals surface area contributed by atoms with Gasteiger partial charge in [-0.3, -0.25) is 4.79 Å². The van der Waals surface area contributed by atoms with E-state index in [1.807, 2.05) is 6.92 Å². The number of carbonyl (C=O) groups excluding carboxylic acids is 1. The van der Waals surface area contributed by atoms with Gasteiger partial charge in [-0.1, -0.05) is 19.8 Å². The van der Waals surface area contributed by atoms with Gasteiger partial charge in [0.1, 0.15) is 0 Å². The summed E-state index contributed by atoms with van der Waals surface area (Å²) in [6.45, 7) is 2.37. The molecule has 0 spiro atoms. The average molecular weight is 214 g/mol. The van der Waals surface area contributed by atoms with E-state index in [4.69, 9.17) is 10.8 Å². The van der Waals surface area contributed by atoms with Crippen LogP contribution in [0.15, 0.2) is 0 Å². The maximum Gasteiger partial charge on any atom is 0.239 e. The Bertz CT molecular complexity index is 203. The highest BCUT2D eigenvalue weighted by atomic mass is 16.3. The van der Waals surface area contributed by atoms with Gasteiger partial charge in [0.05, 0.1) is 12.6 Å². The predicted octanol–water partition coefficient (Wildman–Crippen LogP) is 0.487. The van der Waals surface area contributed by atoms with Crippen molar-refractivity contribution in [3.05, 3.63) is 0 Å². The van der Waals surface area contributed by atoms with Gasteiger partial charge in [0.15, 0.2) is 0 Å². The summed E-state index contributed by atoms with van der Waals surface area (Å²) in [5.74, 6) is -0.00144. The molecule has 0 aromatic rings. The number of aliphatic hydroxyl groups is 1. The van der Waals surface area contributed by atoms with Gasteiger partial charge >= 0.3 is 0 Å². The summed E-state index contributed by atoms with van der Waals surface area (Å²) >= 11 is 0. The second-order valence-corrected chi connectivity index (χ2v) is 4.21. The molecule has 1 aliphatic rings. The van der Waals surface area contributed by atoms with Gasteiger partial charge in [0.25, 0.3) is 0 Å². The minimum atomic E-state index is -0.405. The summed E-state index contributed by atoms with van der Waals surface area (Å²) in [4.78, 5) is 13.7. The third-order valence-corrected chi connectivity index (χ3v) is 3.15. The lowest BCUT2D eigenvalue weighted by atomic mass is 10.1. The molecular weight excluding hydrogens is 192 g/mol. The van der Waals surface area contributed by atoms with E-state index in [9.17, 15) is 4.79 Å². The van der Waals surface area contributed by atoms with Crippen LogP contribution in [0.5, 0.6) is 0 Å². The molecule has 1 atom stereocenters. The number of carbonyl (C=O) groups is 1. The molecule has 15 heavy (non-hydrogen) atoms. The second-order valence-electron chi connectivity index (χ2n) is 4.21. The highest BCUT2D eigenvalue weighted by molar-refractivity contribution is 5.81. The fraction of sp³-hybridized carbons (Fsp3) is 0.909. The molecule has 0 aliphatic heterocycles. The van der Waals surface area contributed by atoms with Crippen LogP contribution in [-0.2, 0) is 4.79 Å². The number of rotatable bonds is 5. The smallest absolute Gasteiger partial charge is 0.239 e. The Hall–Kier alpha value is -0.610. The monoisotopic (exact) mass is 214 g/mol. The van der Waals surface area contributed by atoms with Gasteiger partial charge in [-0.25, -0.2) is 0 Å². The molecule has 4 nitrogen and oxygen atoms in total. The first-order valence-electron chi connectivity index (χ1n) is 5.87. The third-order valence-electron chi connectivity index (χ3n) is 3.15. The molecule has 1 saturated carbocycles. The summed E-state index contributed by atoms with van der Waals surface area (Å²) in [6.07, 6.45) is 5.14. The summed E-state index contributed by atoms with van der Waals surface area (Å²) in [5, 5.41) is 8.97. The van der Waals surface area contributed by atoms with Crippen molar-refractivity contribution in [2.75, 3.05) is 13.2 Å². The molecule has 4 heteroatoms. The van der Waals surface area contributed by atoms with E-state index in [1.165, 1.54) is 12.8 Å². The molecule has 0 heterocycles. The van der Waals surface area contributed by atoms with Crippen LogP contribution in [0.1, 0.15) is 39.0 Å². The van der Waals surface area contributed by atoms with E-state index < -0.39 is 6.04 Å². The Balaban J connectivity index is 2.59. The highest BCUT2D eigenvalue weighted by Gasteiger charge is 2.28. The van der Waals surface area contributed by atoms with Crippen LogP contribution in [0.2, 0.25) is 0 Å². The zero-order chi connectivity index (χ0) is 11.3. The first kappa shape index (κ1) is 12.5. The molecule has 88 valence electrons. The van der Waals surface area contributed by atoms with Gasteiger partial charge < -0.3 is 15.7 Å². The largest absolute Gasteiger partial charge is 0.395 e. The minimum absolute atomic E-state index is 0.00144. The van der Waals surface area contributed by atoms with Crippen molar-refractivity contribution in [1.82, 2.24) is 4.90 Å². The van der Waals surface area contributed by atoms with E-state index in [0.29, 0.717) is 19.0 Å². The van der Waals surface area contributed by atoms with Crippen molar-refractivity contribution in [2.24, 2.45) is 5.73 Å². The first-order valence-corrected chi connectivity index (χ1v) is 5.87. The minimum Gasteiger partial charge on any atom is -0.395 e. The van der Waals surface area contributed by atoms with Crippen molar-refractivity contribution in [1.29, 1.82) is 0 Å². The Morgan fingerprint density at radius 2 is 2.13 bits per heavy atom. The zero-order valence-corrected chi connectivity index (χ0v) is 9.48. The van der Waals surface area contributed by atoms with Crippen LogP contribution >= 0.6 is 0 Å². The molecule has 0 unspecified atom stereocenters. The molecule has 0 aromatic heterocycles. The summed E-state index contributed by atoms with van der Waals surface area (Å²) < 4.78 is 0. The normalized spacial score (nSPS) is 19.1. The first-order chi connectivity index (χ1) is 7.20. The van der Waals surface area contributed by atoms with Gasteiger partial charge in [0, 0.05) is 12.6 Å². The molecule has 0 radical (unpaired) electrons. The maximum absolute atomic E-state index is 11.9. The lowest BCUT2D eigenvalue weighted by molar-refractivity contribution is -0.135.